The van der Waals surface area contributed by atoms with Gasteiger partial charge in [0.1, 0.15) is 0 Å². The van der Waals surface area contributed by atoms with Gasteiger partial charge in [0.05, 0.1) is 11.4 Å². The summed E-state index contributed by atoms with van der Waals surface area (Å²) in [7, 11) is 0. The number of hydrogen-bond donors (Lipinski definition) is 1. The first-order chi connectivity index (χ1) is 8.25. The van der Waals surface area contributed by atoms with Gasteiger partial charge in [-0.25, -0.2) is 9.79 Å². The first-order valence-corrected chi connectivity index (χ1v) is 5.32. The molecule has 0 aromatic heterocycles. The van der Waals surface area contributed by atoms with Crippen molar-refractivity contribution in [3.8, 4) is 0 Å². The molecule has 4 heteroatoms. The third kappa shape index (κ3) is 1.54. The molecule has 0 aliphatic carbocycles. The van der Waals surface area contributed by atoms with E-state index in [4.69, 9.17) is 5.11 Å². The van der Waals surface area contributed by atoms with E-state index in [0.717, 1.165) is 22.5 Å². The number of benzene rings is 1. The average molecular weight is 226 g/mol. The maximum Gasteiger partial charge on any atom is 0.411 e. The smallest absolute Gasteiger partial charge is 0.411 e. The molecule has 1 N–H and O–H groups in total. The summed E-state index contributed by atoms with van der Waals surface area (Å²) in [6.45, 7) is 0.356. The predicted molar refractivity (Wildman–Crippen MR) is 65.4 cm³/mol. The van der Waals surface area contributed by atoms with Crippen molar-refractivity contribution >= 4 is 23.1 Å². The van der Waals surface area contributed by atoms with Crippen LogP contribution in [0.15, 0.2) is 47.6 Å². The fraction of sp³-hybridized carbons (Fsp3) is 0.0769. The van der Waals surface area contributed by atoms with Crippen molar-refractivity contribution in [3.05, 3.63) is 48.2 Å². The van der Waals surface area contributed by atoms with Crippen LogP contribution in [0.2, 0.25) is 0 Å². The van der Waals surface area contributed by atoms with Crippen molar-refractivity contribution in [2.75, 3.05) is 6.54 Å². The molecule has 17 heavy (non-hydrogen) atoms. The lowest BCUT2D eigenvalue weighted by atomic mass is 10.0. The summed E-state index contributed by atoms with van der Waals surface area (Å²) in [6, 6.07) is 7.87. The fourth-order valence-corrected chi connectivity index (χ4v) is 2.02. The third-order valence-corrected chi connectivity index (χ3v) is 2.86. The lowest BCUT2D eigenvalue weighted by Crippen LogP contribution is -2.23. The number of fused-ring (bicyclic) bond motifs is 3. The van der Waals surface area contributed by atoms with E-state index >= 15 is 0 Å². The van der Waals surface area contributed by atoms with E-state index in [2.05, 4.69) is 4.99 Å². The van der Waals surface area contributed by atoms with Crippen LogP contribution >= 0.6 is 0 Å². The quantitative estimate of drug-likeness (QED) is 0.739. The van der Waals surface area contributed by atoms with Crippen molar-refractivity contribution in [1.29, 1.82) is 0 Å². The highest BCUT2D eigenvalue weighted by molar-refractivity contribution is 6.33. The second-order valence-corrected chi connectivity index (χ2v) is 3.88. The van der Waals surface area contributed by atoms with Gasteiger partial charge in [0.2, 0.25) is 0 Å². The number of nitrogens with zero attached hydrogens (tertiary/aromatic N) is 2. The van der Waals surface area contributed by atoms with Gasteiger partial charge in [0.25, 0.3) is 0 Å². The maximum absolute atomic E-state index is 10.9. The largest absolute Gasteiger partial charge is 0.465 e. The van der Waals surface area contributed by atoms with Crippen molar-refractivity contribution in [2.24, 2.45) is 4.99 Å². The Bertz CT molecular complexity index is 585. The van der Waals surface area contributed by atoms with Gasteiger partial charge in [0.15, 0.2) is 0 Å². The number of carbonyl (C=O) groups is 1. The zero-order chi connectivity index (χ0) is 11.8. The van der Waals surface area contributed by atoms with Crippen LogP contribution in [-0.2, 0) is 0 Å². The zero-order valence-corrected chi connectivity index (χ0v) is 9.00. The summed E-state index contributed by atoms with van der Waals surface area (Å²) in [4.78, 5) is 16.6. The number of allylic oxidation sites excluding steroid dienone is 2. The average Bonchev–Trinajstić information content (AvgIpc) is 2.53. The van der Waals surface area contributed by atoms with Crippen molar-refractivity contribution in [2.45, 2.75) is 0 Å². The van der Waals surface area contributed by atoms with Crippen molar-refractivity contribution < 1.29 is 9.90 Å². The van der Waals surface area contributed by atoms with Gasteiger partial charge in [0, 0.05) is 23.9 Å². The number of carboxylic acid groups (broad SMARTS) is 1. The summed E-state index contributed by atoms with van der Waals surface area (Å²) in [6.07, 6.45) is 4.24. The van der Waals surface area contributed by atoms with E-state index in [0.29, 0.717) is 6.54 Å². The Morgan fingerprint density at radius 3 is 3.00 bits per heavy atom. The van der Waals surface area contributed by atoms with Gasteiger partial charge in [-0.15, -0.1) is 0 Å². The number of para-hydroxylation sites is 1. The molecule has 2 aliphatic rings. The molecule has 0 spiro atoms. The highest BCUT2D eigenvalue weighted by Gasteiger charge is 2.21. The van der Waals surface area contributed by atoms with Crippen LogP contribution in [0.4, 0.5) is 10.5 Å². The molecule has 4 nitrogen and oxygen atoms in total. The molecule has 1 aromatic carbocycles. The minimum Gasteiger partial charge on any atom is -0.465 e. The Balaban J connectivity index is 2.06. The first kappa shape index (κ1) is 9.84. The Labute approximate surface area is 98.2 Å². The minimum atomic E-state index is -0.952. The van der Waals surface area contributed by atoms with Gasteiger partial charge < -0.3 is 5.11 Å². The SMILES string of the molecule is O=C(O)N1C=CC2=Nc3ccccc3C2=CC1. The van der Waals surface area contributed by atoms with Crippen LogP contribution in [0.5, 0.6) is 0 Å². The summed E-state index contributed by atoms with van der Waals surface area (Å²) >= 11 is 0. The molecule has 0 saturated carbocycles. The molecular weight excluding hydrogens is 216 g/mol. The Morgan fingerprint density at radius 2 is 2.18 bits per heavy atom. The molecule has 0 bridgehead atoms. The maximum atomic E-state index is 10.9. The van der Waals surface area contributed by atoms with E-state index in [9.17, 15) is 4.79 Å². The normalized spacial score (nSPS) is 16.8. The van der Waals surface area contributed by atoms with E-state index in [1.165, 1.54) is 4.90 Å². The number of rotatable bonds is 0. The zero-order valence-electron chi connectivity index (χ0n) is 9.00. The van der Waals surface area contributed by atoms with Crippen LogP contribution in [0.1, 0.15) is 5.56 Å². The standard InChI is InChI=1S/C13H10N2O2/c16-13(17)15-7-5-10-9-3-1-2-4-11(9)14-12(10)6-8-15/h1-6,8H,7H2,(H,16,17). The van der Waals surface area contributed by atoms with Gasteiger partial charge in [-0.1, -0.05) is 24.3 Å². The highest BCUT2D eigenvalue weighted by atomic mass is 16.4. The summed E-state index contributed by atoms with van der Waals surface area (Å²) < 4.78 is 0. The monoisotopic (exact) mass is 226 g/mol. The van der Waals surface area contributed by atoms with E-state index in [1.807, 2.05) is 30.3 Å². The lowest BCUT2D eigenvalue weighted by Gasteiger charge is -2.09. The molecule has 1 amide bonds. The van der Waals surface area contributed by atoms with Crippen molar-refractivity contribution in [1.82, 2.24) is 4.90 Å². The summed E-state index contributed by atoms with van der Waals surface area (Å²) in [5.41, 5.74) is 3.86. The summed E-state index contributed by atoms with van der Waals surface area (Å²) in [5.74, 6) is 0. The first-order valence-electron chi connectivity index (χ1n) is 5.32. The molecule has 0 fully saturated rings. The Hall–Kier alpha value is -2.36. The molecule has 2 heterocycles. The molecule has 0 saturated heterocycles. The van der Waals surface area contributed by atoms with Gasteiger partial charge in [-0.05, 0) is 12.1 Å². The molecule has 1 aromatic rings. The molecule has 0 radical (unpaired) electrons. The number of hydrogen-bond acceptors (Lipinski definition) is 2. The topological polar surface area (TPSA) is 52.9 Å². The Kier molecular flexibility index (Phi) is 2.08. The van der Waals surface area contributed by atoms with E-state index < -0.39 is 6.09 Å². The van der Waals surface area contributed by atoms with E-state index in [-0.39, 0.29) is 0 Å². The molecule has 2 aliphatic heterocycles. The van der Waals surface area contributed by atoms with Crippen LogP contribution in [0.3, 0.4) is 0 Å². The van der Waals surface area contributed by atoms with Crippen LogP contribution in [-0.4, -0.2) is 28.4 Å². The van der Waals surface area contributed by atoms with Gasteiger partial charge in [-0.3, -0.25) is 4.90 Å². The molecule has 0 atom stereocenters. The van der Waals surface area contributed by atoms with Crippen LogP contribution < -0.4 is 0 Å². The minimum absolute atomic E-state index is 0.356. The number of aliphatic imine (C=N–C) groups is 1. The highest BCUT2D eigenvalue weighted by Crippen LogP contribution is 2.35. The van der Waals surface area contributed by atoms with Gasteiger partial charge >= 0.3 is 6.09 Å². The lowest BCUT2D eigenvalue weighted by molar-refractivity contribution is 0.167. The molecule has 84 valence electrons. The van der Waals surface area contributed by atoms with Gasteiger partial charge in [-0.2, -0.15) is 0 Å². The third-order valence-electron chi connectivity index (χ3n) is 2.86. The second-order valence-electron chi connectivity index (χ2n) is 3.88. The predicted octanol–water partition coefficient (Wildman–Crippen LogP) is 2.66. The summed E-state index contributed by atoms with van der Waals surface area (Å²) in [5, 5.41) is 8.93. The fourth-order valence-electron chi connectivity index (χ4n) is 2.02. The van der Waals surface area contributed by atoms with Crippen molar-refractivity contribution in [3.63, 3.8) is 0 Å². The van der Waals surface area contributed by atoms with E-state index in [1.54, 1.807) is 12.3 Å². The molecular formula is C13H10N2O2. The Morgan fingerprint density at radius 1 is 1.35 bits per heavy atom. The van der Waals surface area contributed by atoms with Crippen LogP contribution in [0.25, 0.3) is 5.57 Å². The second kappa shape index (κ2) is 3.59. The molecule has 3 rings (SSSR count). The molecule has 0 unspecified atom stereocenters. The number of amides is 1. The van der Waals surface area contributed by atoms with Crippen LogP contribution in [0, 0.1) is 0 Å².